The maximum Gasteiger partial charge on any atom is 0.0976 e. The lowest BCUT2D eigenvalue weighted by Gasteiger charge is -2.44. The standard InChI is InChI=1S/C16H25NO/c1-5-16(6-2)11-18-15(13(4)17-16)14-9-7-12(3)8-10-14/h7-10,13,15,17H,5-6,11H2,1-4H3. The lowest BCUT2D eigenvalue weighted by Crippen LogP contribution is -2.58. The molecule has 0 amide bonds. The monoisotopic (exact) mass is 247 g/mol. The first-order valence-corrected chi connectivity index (χ1v) is 7.06. The maximum atomic E-state index is 6.15. The van der Waals surface area contributed by atoms with Crippen molar-refractivity contribution in [2.45, 2.75) is 58.2 Å². The van der Waals surface area contributed by atoms with E-state index in [0.29, 0.717) is 6.04 Å². The van der Waals surface area contributed by atoms with E-state index in [1.54, 1.807) is 0 Å². The first-order chi connectivity index (χ1) is 8.60. The van der Waals surface area contributed by atoms with Crippen LogP contribution in [0.25, 0.3) is 0 Å². The summed E-state index contributed by atoms with van der Waals surface area (Å²) >= 11 is 0. The number of benzene rings is 1. The molecule has 18 heavy (non-hydrogen) atoms. The minimum Gasteiger partial charge on any atom is -0.370 e. The molecular weight excluding hydrogens is 222 g/mol. The molecule has 2 unspecified atom stereocenters. The van der Waals surface area contributed by atoms with Crippen LogP contribution < -0.4 is 5.32 Å². The number of hydrogen-bond donors (Lipinski definition) is 1. The zero-order valence-corrected chi connectivity index (χ0v) is 12.0. The molecule has 0 saturated carbocycles. The van der Waals surface area contributed by atoms with Crippen molar-refractivity contribution in [1.82, 2.24) is 5.32 Å². The smallest absolute Gasteiger partial charge is 0.0976 e. The Morgan fingerprint density at radius 3 is 2.33 bits per heavy atom. The Kier molecular flexibility index (Phi) is 4.08. The number of nitrogens with one attached hydrogen (secondary N) is 1. The van der Waals surface area contributed by atoms with Gasteiger partial charge in [0.25, 0.3) is 0 Å². The molecule has 1 N–H and O–H groups in total. The Morgan fingerprint density at radius 2 is 1.83 bits per heavy atom. The van der Waals surface area contributed by atoms with Crippen LogP contribution in [0.15, 0.2) is 24.3 Å². The fourth-order valence-electron chi connectivity index (χ4n) is 2.79. The van der Waals surface area contributed by atoms with Gasteiger partial charge >= 0.3 is 0 Å². The molecular formula is C16H25NO. The van der Waals surface area contributed by atoms with Gasteiger partial charge in [-0.25, -0.2) is 0 Å². The van der Waals surface area contributed by atoms with Crippen molar-refractivity contribution in [2.75, 3.05) is 6.61 Å². The van der Waals surface area contributed by atoms with Crippen LogP contribution in [0.3, 0.4) is 0 Å². The largest absolute Gasteiger partial charge is 0.370 e. The van der Waals surface area contributed by atoms with Crippen molar-refractivity contribution < 1.29 is 4.74 Å². The minimum atomic E-state index is 0.167. The van der Waals surface area contributed by atoms with E-state index in [1.807, 2.05) is 0 Å². The molecule has 0 aliphatic carbocycles. The summed E-state index contributed by atoms with van der Waals surface area (Å²) in [5, 5.41) is 3.77. The number of rotatable bonds is 3. The number of hydrogen-bond acceptors (Lipinski definition) is 2. The maximum absolute atomic E-state index is 6.15. The molecule has 2 nitrogen and oxygen atoms in total. The highest BCUT2D eigenvalue weighted by Gasteiger charge is 2.37. The Morgan fingerprint density at radius 1 is 1.22 bits per heavy atom. The van der Waals surface area contributed by atoms with Crippen molar-refractivity contribution in [3.8, 4) is 0 Å². The first kappa shape index (κ1) is 13.6. The lowest BCUT2D eigenvalue weighted by molar-refractivity contribution is -0.0631. The van der Waals surface area contributed by atoms with Crippen LogP contribution in [0.2, 0.25) is 0 Å². The van der Waals surface area contributed by atoms with Gasteiger partial charge in [0.2, 0.25) is 0 Å². The number of ether oxygens (including phenoxy) is 1. The molecule has 1 aliphatic rings. The molecule has 1 aliphatic heterocycles. The van der Waals surface area contributed by atoms with Gasteiger partial charge in [0.05, 0.1) is 12.7 Å². The van der Waals surface area contributed by atoms with Gasteiger partial charge in [-0.05, 0) is 32.3 Å². The van der Waals surface area contributed by atoms with Gasteiger partial charge in [-0.15, -0.1) is 0 Å². The Labute approximate surface area is 111 Å². The van der Waals surface area contributed by atoms with Gasteiger partial charge in [-0.1, -0.05) is 43.7 Å². The highest BCUT2D eigenvalue weighted by Crippen LogP contribution is 2.31. The fourth-order valence-corrected chi connectivity index (χ4v) is 2.79. The summed E-state index contributed by atoms with van der Waals surface area (Å²) in [5.41, 5.74) is 2.74. The highest BCUT2D eigenvalue weighted by molar-refractivity contribution is 5.25. The lowest BCUT2D eigenvalue weighted by atomic mass is 9.88. The van der Waals surface area contributed by atoms with Crippen molar-refractivity contribution in [2.24, 2.45) is 0 Å². The van der Waals surface area contributed by atoms with Crippen molar-refractivity contribution in [3.05, 3.63) is 35.4 Å². The number of aryl methyl sites for hydroxylation is 1. The van der Waals surface area contributed by atoms with Crippen LogP contribution in [-0.2, 0) is 4.74 Å². The predicted molar refractivity (Wildman–Crippen MR) is 75.8 cm³/mol. The fraction of sp³-hybridized carbons (Fsp3) is 0.625. The average molecular weight is 247 g/mol. The topological polar surface area (TPSA) is 21.3 Å². The van der Waals surface area contributed by atoms with E-state index in [-0.39, 0.29) is 11.6 Å². The van der Waals surface area contributed by atoms with Crippen LogP contribution in [0, 0.1) is 6.92 Å². The van der Waals surface area contributed by atoms with Crippen LogP contribution in [-0.4, -0.2) is 18.2 Å². The summed E-state index contributed by atoms with van der Waals surface area (Å²) in [7, 11) is 0. The molecule has 0 radical (unpaired) electrons. The summed E-state index contributed by atoms with van der Waals surface area (Å²) < 4.78 is 6.15. The van der Waals surface area contributed by atoms with Gasteiger partial charge in [-0.3, -0.25) is 0 Å². The molecule has 1 fully saturated rings. The van der Waals surface area contributed by atoms with Crippen molar-refractivity contribution in [1.29, 1.82) is 0 Å². The third-order valence-corrected chi connectivity index (χ3v) is 4.29. The molecule has 1 saturated heterocycles. The second-order valence-corrected chi connectivity index (χ2v) is 5.56. The summed E-state index contributed by atoms with van der Waals surface area (Å²) in [6.07, 6.45) is 2.42. The van der Waals surface area contributed by atoms with E-state index in [1.165, 1.54) is 11.1 Å². The predicted octanol–water partition coefficient (Wildman–Crippen LogP) is 3.60. The Hall–Kier alpha value is -0.860. The van der Waals surface area contributed by atoms with Gasteiger partial charge < -0.3 is 10.1 Å². The molecule has 0 bridgehead atoms. The molecule has 1 aromatic carbocycles. The minimum absolute atomic E-state index is 0.167. The van der Waals surface area contributed by atoms with E-state index < -0.39 is 0 Å². The van der Waals surface area contributed by atoms with Gasteiger partial charge in [0.1, 0.15) is 0 Å². The van der Waals surface area contributed by atoms with E-state index in [2.05, 4.69) is 57.3 Å². The Bertz CT molecular complexity index is 381. The molecule has 0 aromatic heterocycles. The third kappa shape index (κ3) is 2.60. The molecule has 0 spiro atoms. The molecule has 2 atom stereocenters. The van der Waals surface area contributed by atoms with E-state index >= 15 is 0 Å². The second-order valence-electron chi connectivity index (χ2n) is 5.56. The van der Waals surface area contributed by atoms with Gasteiger partial charge in [-0.2, -0.15) is 0 Å². The summed E-state index contributed by atoms with van der Waals surface area (Å²) in [6, 6.07) is 9.05. The normalized spacial score (nSPS) is 27.1. The number of morpholine rings is 1. The highest BCUT2D eigenvalue weighted by atomic mass is 16.5. The van der Waals surface area contributed by atoms with Crippen LogP contribution in [0.5, 0.6) is 0 Å². The van der Waals surface area contributed by atoms with E-state index in [4.69, 9.17) is 4.74 Å². The zero-order valence-electron chi connectivity index (χ0n) is 12.0. The summed E-state index contributed by atoms with van der Waals surface area (Å²) in [4.78, 5) is 0. The first-order valence-electron chi connectivity index (χ1n) is 7.06. The van der Waals surface area contributed by atoms with Crippen molar-refractivity contribution in [3.63, 3.8) is 0 Å². The molecule has 1 heterocycles. The molecule has 2 heteroatoms. The molecule has 100 valence electrons. The van der Waals surface area contributed by atoms with Crippen molar-refractivity contribution >= 4 is 0 Å². The summed E-state index contributed by atoms with van der Waals surface area (Å²) in [6.45, 7) is 9.62. The molecule has 1 aromatic rings. The quantitative estimate of drug-likeness (QED) is 0.881. The van der Waals surface area contributed by atoms with Crippen LogP contribution in [0.4, 0.5) is 0 Å². The van der Waals surface area contributed by atoms with E-state index in [0.717, 1.165) is 19.4 Å². The van der Waals surface area contributed by atoms with Crippen LogP contribution in [0.1, 0.15) is 50.8 Å². The van der Waals surface area contributed by atoms with Gasteiger partial charge in [0, 0.05) is 11.6 Å². The second kappa shape index (κ2) is 5.41. The van der Waals surface area contributed by atoms with Crippen LogP contribution >= 0.6 is 0 Å². The summed E-state index contributed by atoms with van der Waals surface area (Å²) in [5.74, 6) is 0. The third-order valence-electron chi connectivity index (χ3n) is 4.29. The SMILES string of the molecule is CCC1(CC)COC(c2ccc(C)cc2)C(C)N1. The average Bonchev–Trinajstić information content (AvgIpc) is 2.40. The zero-order chi connectivity index (χ0) is 13.2. The Balaban J connectivity index is 2.12. The van der Waals surface area contributed by atoms with Gasteiger partial charge in [0.15, 0.2) is 0 Å². The van der Waals surface area contributed by atoms with E-state index in [9.17, 15) is 0 Å². The molecule has 2 rings (SSSR count).